The zero-order valence-electron chi connectivity index (χ0n) is 8.59. The first-order chi connectivity index (χ1) is 8.20. The van der Waals surface area contributed by atoms with Gasteiger partial charge in [-0.05, 0) is 18.2 Å². The molecule has 88 valence electrons. The highest BCUT2D eigenvalue weighted by atomic mass is 35.5. The molecule has 0 aliphatic rings. The van der Waals surface area contributed by atoms with Crippen molar-refractivity contribution in [3.05, 3.63) is 41.2 Å². The van der Waals surface area contributed by atoms with Crippen molar-refractivity contribution < 1.29 is 5.21 Å². The summed E-state index contributed by atoms with van der Waals surface area (Å²) in [6.45, 7) is 0. The molecule has 0 saturated heterocycles. The molecule has 17 heavy (non-hydrogen) atoms. The Hall–Kier alpha value is -1.66. The highest BCUT2D eigenvalue weighted by Gasteiger charge is 2.07. The maximum absolute atomic E-state index is 8.57. The van der Waals surface area contributed by atoms with Gasteiger partial charge in [-0.25, -0.2) is 4.98 Å². The van der Waals surface area contributed by atoms with Gasteiger partial charge in [0.05, 0.1) is 5.02 Å². The van der Waals surface area contributed by atoms with Gasteiger partial charge in [0.25, 0.3) is 0 Å². The van der Waals surface area contributed by atoms with E-state index in [2.05, 4.69) is 15.1 Å². The van der Waals surface area contributed by atoms with Gasteiger partial charge in [-0.1, -0.05) is 28.5 Å². The molecule has 0 bridgehead atoms. The van der Waals surface area contributed by atoms with Crippen molar-refractivity contribution in [2.45, 2.75) is 10.1 Å². The summed E-state index contributed by atoms with van der Waals surface area (Å²) in [5.74, 6) is -0.00968. The van der Waals surface area contributed by atoms with Gasteiger partial charge >= 0.3 is 0 Å². The van der Waals surface area contributed by atoms with E-state index in [4.69, 9.17) is 22.5 Å². The number of nitrogens with one attached hydrogen (secondary N) is 1. The zero-order valence-corrected chi connectivity index (χ0v) is 10.2. The Morgan fingerprint density at radius 3 is 2.94 bits per heavy atom. The molecule has 0 unspecified atom stereocenters. The summed E-state index contributed by atoms with van der Waals surface area (Å²) in [6, 6.07) is 5.26. The van der Waals surface area contributed by atoms with Crippen molar-refractivity contribution in [1.82, 2.24) is 9.97 Å². The van der Waals surface area contributed by atoms with E-state index in [0.29, 0.717) is 10.6 Å². The van der Waals surface area contributed by atoms with Crippen LogP contribution < -0.4 is 5.73 Å². The molecule has 0 atom stereocenters. The molecule has 1 aromatic heterocycles. The van der Waals surface area contributed by atoms with E-state index >= 15 is 0 Å². The molecule has 0 saturated carbocycles. The van der Waals surface area contributed by atoms with Gasteiger partial charge < -0.3 is 15.9 Å². The predicted molar refractivity (Wildman–Crippen MR) is 66.7 cm³/mol. The summed E-state index contributed by atoms with van der Waals surface area (Å²) in [4.78, 5) is 7.98. The number of halogens is 1. The molecule has 0 fully saturated rings. The molecular weight excluding hydrogens is 260 g/mol. The van der Waals surface area contributed by atoms with Crippen LogP contribution in [-0.4, -0.2) is 21.0 Å². The van der Waals surface area contributed by atoms with Crippen LogP contribution in [0.2, 0.25) is 5.02 Å². The molecule has 0 spiro atoms. The van der Waals surface area contributed by atoms with E-state index in [0.717, 1.165) is 10.1 Å². The van der Waals surface area contributed by atoms with Crippen LogP contribution in [0.3, 0.4) is 0 Å². The molecule has 0 aliphatic heterocycles. The Balaban J connectivity index is 2.25. The lowest BCUT2D eigenvalue weighted by Gasteiger charge is -2.04. The number of hydrogen-bond acceptors (Lipinski definition) is 4. The second-order valence-corrected chi connectivity index (χ2v) is 4.59. The first kappa shape index (κ1) is 11.8. The summed E-state index contributed by atoms with van der Waals surface area (Å²) < 4.78 is 0. The Labute approximate surface area is 107 Å². The summed E-state index contributed by atoms with van der Waals surface area (Å²) in [6.07, 6.45) is 3.42. The number of aromatic nitrogens is 2. The Morgan fingerprint density at radius 2 is 2.35 bits per heavy atom. The first-order valence-electron chi connectivity index (χ1n) is 4.65. The minimum atomic E-state index is -0.00968. The normalized spacial score (nSPS) is 11.7. The highest BCUT2D eigenvalue weighted by molar-refractivity contribution is 7.99. The summed E-state index contributed by atoms with van der Waals surface area (Å²) >= 11 is 7.47. The second-order valence-electron chi connectivity index (χ2n) is 3.12. The lowest BCUT2D eigenvalue weighted by Crippen LogP contribution is -2.13. The van der Waals surface area contributed by atoms with Crippen LogP contribution in [0.1, 0.15) is 5.56 Å². The number of nitrogens with two attached hydrogens (primary N) is 1. The van der Waals surface area contributed by atoms with Crippen LogP contribution in [0.5, 0.6) is 0 Å². The fourth-order valence-corrected chi connectivity index (χ4v) is 2.36. The van der Waals surface area contributed by atoms with Crippen molar-refractivity contribution in [2.75, 3.05) is 0 Å². The van der Waals surface area contributed by atoms with Crippen LogP contribution >= 0.6 is 23.4 Å². The van der Waals surface area contributed by atoms with Crippen LogP contribution in [0.15, 0.2) is 45.8 Å². The predicted octanol–water partition coefficient (Wildman–Crippen LogP) is 2.31. The van der Waals surface area contributed by atoms with E-state index in [1.165, 1.54) is 11.8 Å². The SMILES string of the molecule is N/C(=N/O)c1ccc(Sc2ncc[nH]2)cc1Cl. The standard InChI is InChI=1S/C10H9ClN4OS/c11-8-5-6(17-10-13-3-4-14-10)1-2-7(8)9(12)15-16/h1-5,16H,(H2,12,15)(H,13,14). The number of amidine groups is 1. The number of benzene rings is 1. The van der Waals surface area contributed by atoms with E-state index < -0.39 is 0 Å². The van der Waals surface area contributed by atoms with Gasteiger partial charge in [0.1, 0.15) is 0 Å². The average Bonchev–Trinajstić information content (AvgIpc) is 2.81. The van der Waals surface area contributed by atoms with E-state index in [-0.39, 0.29) is 5.84 Å². The van der Waals surface area contributed by atoms with Crippen LogP contribution in [0, 0.1) is 0 Å². The fraction of sp³-hybridized carbons (Fsp3) is 0. The number of rotatable bonds is 3. The van der Waals surface area contributed by atoms with Gasteiger partial charge in [-0.3, -0.25) is 0 Å². The van der Waals surface area contributed by atoms with Gasteiger partial charge in [-0.2, -0.15) is 0 Å². The van der Waals surface area contributed by atoms with Gasteiger partial charge in [0.2, 0.25) is 0 Å². The quantitative estimate of drug-likeness (QED) is 0.345. The second kappa shape index (κ2) is 5.11. The molecule has 0 radical (unpaired) electrons. The smallest absolute Gasteiger partial charge is 0.171 e. The number of oxime groups is 1. The van der Waals surface area contributed by atoms with Crippen LogP contribution in [-0.2, 0) is 0 Å². The number of H-pyrrole nitrogens is 1. The molecule has 4 N–H and O–H groups in total. The Kier molecular flexibility index (Phi) is 3.55. The van der Waals surface area contributed by atoms with Crippen LogP contribution in [0.4, 0.5) is 0 Å². The van der Waals surface area contributed by atoms with Crippen molar-refractivity contribution in [3.8, 4) is 0 Å². The summed E-state index contributed by atoms with van der Waals surface area (Å²) in [5.41, 5.74) is 5.97. The lowest BCUT2D eigenvalue weighted by atomic mass is 10.2. The van der Waals surface area contributed by atoms with E-state index in [1.807, 2.05) is 6.07 Å². The molecule has 0 aliphatic carbocycles. The fourth-order valence-electron chi connectivity index (χ4n) is 1.24. The number of aromatic amines is 1. The van der Waals surface area contributed by atoms with E-state index in [1.54, 1.807) is 24.5 Å². The molecule has 5 nitrogen and oxygen atoms in total. The molecule has 2 aromatic rings. The van der Waals surface area contributed by atoms with Gasteiger partial charge in [0, 0.05) is 22.9 Å². The minimum Gasteiger partial charge on any atom is -0.409 e. The molecule has 0 amide bonds. The average molecular weight is 269 g/mol. The summed E-state index contributed by atoms with van der Waals surface area (Å²) in [7, 11) is 0. The topological polar surface area (TPSA) is 87.3 Å². The first-order valence-corrected chi connectivity index (χ1v) is 5.85. The third kappa shape index (κ3) is 2.72. The number of imidazole rings is 1. The van der Waals surface area contributed by atoms with Gasteiger partial charge in [0.15, 0.2) is 11.0 Å². The lowest BCUT2D eigenvalue weighted by molar-refractivity contribution is 0.318. The molecule has 1 aromatic carbocycles. The van der Waals surface area contributed by atoms with Crippen molar-refractivity contribution in [1.29, 1.82) is 0 Å². The highest BCUT2D eigenvalue weighted by Crippen LogP contribution is 2.28. The van der Waals surface area contributed by atoms with Crippen molar-refractivity contribution in [2.24, 2.45) is 10.9 Å². The van der Waals surface area contributed by atoms with Crippen LogP contribution in [0.25, 0.3) is 0 Å². The number of hydrogen-bond donors (Lipinski definition) is 3. The zero-order chi connectivity index (χ0) is 12.3. The minimum absolute atomic E-state index is 0.00968. The van der Waals surface area contributed by atoms with Crippen molar-refractivity contribution >= 4 is 29.2 Å². The van der Waals surface area contributed by atoms with E-state index in [9.17, 15) is 0 Å². The molecule has 1 heterocycles. The Morgan fingerprint density at radius 1 is 1.53 bits per heavy atom. The largest absolute Gasteiger partial charge is 0.409 e. The van der Waals surface area contributed by atoms with Gasteiger partial charge in [-0.15, -0.1) is 0 Å². The molecule has 2 rings (SSSR count). The molecule has 7 heteroatoms. The molecular formula is C10H9ClN4OS. The van der Waals surface area contributed by atoms with Crippen molar-refractivity contribution in [3.63, 3.8) is 0 Å². The maximum atomic E-state index is 8.57. The maximum Gasteiger partial charge on any atom is 0.171 e. The Bertz CT molecular complexity index is 541. The number of nitrogens with zero attached hydrogens (tertiary/aromatic N) is 2. The third-order valence-electron chi connectivity index (χ3n) is 2.01. The summed E-state index contributed by atoms with van der Waals surface area (Å²) in [5, 5.41) is 12.7. The monoisotopic (exact) mass is 268 g/mol. The third-order valence-corrected chi connectivity index (χ3v) is 3.23.